The molecular weight excluding hydrogens is 216 g/mol. The number of benzene rings is 1. The number of nitrogens with two attached hydrogens (primary N) is 1. The molecule has 0 aromatic heterocycles. The molecule has 2 nitrogen and oxygen atoms in total. The molecule has 0 spiro atoms. The number of rotatable bonds is 6. The predicted octanol–water partition coefficient (Wildman–Crippen LogP) is 2.72. The van der Waals surface area contributed by atoms with E-state index in [-0.39, 0.29) is 0 Å². The van der Waals surface area contributed by atoms with Crippen molar-refractivity contribution in [1.29, 1.82) is 0 Å². The van der Waals surface area contributed by atoms with E-state index >= 15 is 0 Å². The molecule has 1 atom stereocenters. The van der Waals surface area contributed by atoms with Crippen LogP contribution in [0.25, 0.3) is 0 Å². The molecule has 0 aliphatic heterocycles. The van der Waals surface area contributed by atoms with Crippen LogP contribution in [0.1, 0.15) is 18.9 Å². The summed E-state index contributed by atoms with van der Waals surface area (Å²) < 4.78 is 0. The first-order chi connectivity index (χ1) is 7.74. The lowest BCUT2D eigenvalue weighted by molar-refractivity contribution is 0.670. The average molecular weight is 238 g/mol. The van der Waals surface area contributed by atoms with E-state index < -0.39 is 0 Å². The minimum absolute atomic E-state index is 0.586. The minimum atomic E-state index is 0.586. The summed E-state index contributed by atoms with van der Waals surface area (Å²) in [6.45, 7) is 2.85. The molecule has 0 amide bonds. The Morgan fingerprint density at radius 2 is 2.06 bits per heavy atom. The van der Waals surface area contributed by atoms with Gasteiger partial charge in [0.15, 0.2) is 0 Å². The fourth-order valence-corrected chi connectivity index (χ4v) is 2.76. The zero-order valence-electron chi connectivity index (χ0n) is 10.4. The molecular formula is C13H22N2S. The Bertz CT molecular complexity index is 315. The van der Waals surface area contributed by atoms with Gasteiger partial charge in [-0.25, -0.2) is 0 Å². The second kappa shape index (κ2) is 6.81. The van der Waals surface area contributed by atoms with Gasteiger partial charge in [0.05, 0.1) is 0 Å². The summed E-state index contributed by atoms with van der Waals surface area (Å²) in [7, 11) is 2.17. The van der Waals surface area contributed by atoms with Crippen molar-refractivity contribution in [3.05, 3.63) is 29.8 Å². The number of thioether (sulfide) groups is 1. The summed E-state index contributed by atoms with van der Waals surface area (Å²) in [5, 5.41) is 0. The van der Waals surface area contributed by atoms with E-state index in [2.05, 4.69) is 49.4 Å². The van der Waals surface area contributed by atoms with Gasteiger partial charge < -0.3 is 10.6 Å². The van der Waals surface area contributed by atoms with Crippen molar-refractivity contribution < 1.29 is 0 Å². The lowest BCUT2D eigenvalue weighted by Crippen LogP contribution is -2.34. The average Bonchev–Trinajstić information content (AvgIpc) is 2.35. The van der Waals surface area contributed by atoms with Gasteiger partial charge in [0.2, 0.25) is 0 Å². The van der Waals surface area contributed by atoms with E-state index in [1.54, 1.807) is 0 Å². The zero-order valence-corrected chi connectivity index (χ0v) is 11.3. The molecule has 0 bridgehead atoms. The van der Waals surface area contributed by atoms with Gasteiger partial charge in [-0.2, -0.15) is 11.8 Å². The molecule has 1 aromatic carbocycles. The molecule has 0 saturated heterocycles. The molecule has 16 heavy (non-hydrogen) atoms. The fraction of sp³-hybridized carbons (Fsp3) is 0.538. The Balaban J connectivity index is 2.88. The standard InChI is InChI=1S/C13H22N2S/c1-4-12(10-16-3)15(2)13-8-6-5-7-11(13)9-14/h5-8,12H,4,9-10,14H2,1-3H3. The lowest BCUT2D eigenvalue weighted by Gasteiger charge is -2.30. The third kappa shape index (κ3) is 3.16. The van der Waals surface area contributed by atoms with Gasteiger partial charge >= 0.3 is 0 Å². The van der Waals surface area contributed by atoms with Gasteiger partial charge in [-0.1, -0.05) is 25.1 Å². The molecule has 0 heterocycles. The maximum absolute atomic E-state index is 5.77. The van der Waals surface area contributed by atoms with Crippen LogP contribution in [-0.2, 0) is 6.54 Å². The highest BCUT2D eigenvalue weighted by molar-refractivity contribution is 7.98. The van der Waals surface area contributed by atoms with Crippen molar-refractivity contribution in [3.63, 3.8) is 0 Å². The highest BCUT2D eigenvalue weighted by Crippen LogP contribution is 2.22. The summed E-state index contributed by atoms with van der Waals surface area (Å²) >= 11 is 1.90. The highest BCUT2D eigenvalue weighted by Gasteiger charge is 2.14. The molecule has 0 saturated carbocycles. The minimum Gasteiger partial charge on any atom is -0.371 e. The van der Waals surface area contributed by atoms with E-state index in [9.17, 15) is 0 Å². The van der Waals surface area contributed by atoms with E-state index in [1.807, 2.05) is 11.8 Å². The Morgan fingerprint density at radius 3 is 2.62 bits per heavy atom. The van der Waals surface area contributed by atoms with E-state index in [1.165, 1.54) is 11.3 Å². The van der Waals surface area contributed by atoms with Crippen molar-refractivity contribution in [2.45, 2.75) is 25.9 Å². The Kier molecular flexibility index (Phi) is 5.71. The van der Waals surface area contributed by atoms with Crippen LogP contribution in [0.15, 0.2) is 24.3 Å². The monoisotopic (exact) mass is 238 g/mol. The smallest absolute Gasteiger partial charge is 0.0411 e. The van der Waals surface area contributed by atoms with Crippen LogP contribution in [0.2, 0.25) is 0 Å². The van der Waals surface area contributed by atoms with Gasteiger partial charge in [-0.3, -0.25) is 0 Å². The van der Waals surface area contributed by atoms with Crippen molar-refractivity contribution in [2.24, 2.45) is 5.73 Å². The maximum atomic E-state index is 5.77. The van der Waals surface area contributed by atoms with Crippen molar-refractivity contribution in [1.82, 2.24) is 0 Å². The Labute approximate surface area is 103 Å². The largest absolute Gasteiger partial charge is 0.371 e. The van der Waals surface area contributed by atoms with Crippen LogP contribution in [0, 0.1) is 0 Å². The SMILES string of the molecule is CCC(CSC)N(C)c1ccccc1CN. The lowest BCUT2D eigenvalue weighted by atomic mass is 10.1. The van der Waals surface area contributed by atoms with Crippen LogP contribution in [0.4, 0.5) is 5.69 Å². The second-order valence-electron chi connectivity index (χ2n) is 3.96. The quantitative estimate of drug-likeness (QED) is 0.826. The second-order valence-corrected chi connectivity index (χ2v) is 4.87. The van der Waals surface area contributed by atoms with Crippen molar-refractivity contribution in [2.75, 3.05) is 24.0 Å². The van der Waals surface area contributed by atoms with E-state index in [0.717, 1.165) is 12.2 Å². The first kappa shape index (κ1) is 13.4. The molecule has 1 unspecified atom stereocenters. The molecule has 1 aromatic rings. The van der Waals surface area contributed by atoms with E-state index in [4.69, 9.17) is 5.73 Å². The zero-order chi connectivity index (χ0) is 12.0. The van der Waals surface area contributed by atoms with Crippen LogP contribution in [0.3, 0.4) is 0 Å². The Hall–Kier alpha value is -0.670. The van der Waals surface area contributed by atoms with Gasteiger partial charge in [0, 0.05) is 31.1 Å². The summed E-state index contributed by atoms with van der Waals surface area (Å²) in [4.78, 5) is 2.36. The predicted molar refractivity (Wildman–Crippen MR) is 75.2 cm³/mol. The summed E-state index contributed by atoms with van der Waals surface area (Å²) in [6, 6.07) is 8.98. The highest BCUT2D eigenvalue weighted by atomic mass is 32.2. The number of para-hydroxylation sites is 1. The topological polar surface area (TPSA) is 29.3 Å². The molecule has 90 valence electrons. The summed E-state index contributed by atoms with van der Waals surface area (Å²) in [6.07, 6.45) is 3.32. The molecule has 1 rings (SSSR count). The first-order valence-corrected chi connectivity index (χ1v) is 7.13. The van der Waals surface area contributed by atoms with Crippen LogP contribution >= 0.6 is 11.8 Å². The fourth-order valence-electron chi connectivity index (χ4n) is 1.92. The molecule has 0 fully saturated rings. The number of nitrogens with zero attached hydrogens (tertiary/aromatic N) is 1. The van der Waals surface area contributed by atoms with Crippen molar-refractivity contribution in [3.8, 4) is 0 Å². The van der Waals surface area contributed by atoms with Crippen LogP contribution in [0.5, 0.6) is 0 Å². The molecule has 0 aliphatic carbocycles. The first-order valence-electron chi connectivity index (χ1n) is 5.74. The molecule has 0 aliphatic rings. The van der Waals surface area contributed by atoms with Crippen LogP contribution < -0.4 is 10.6 Å². The number of hydrogen-bond donors (Lipinski definition) is 1. The normalized spacial score (nSPS) is 12.5. The molecule has 2 N–H and O–H groups in total. The van der Waals surface area contributed by atoms with Gasteiger partial charge in [0.1, 0.15) is 0 Å². The Morgan fingerprint density at radius 1 is 1.38 bits per heavy atom. The van der Waals surface area contributed by atoms with Gasteiger partial charge in [-0.05, 0) is 24.3 Å². The number of anilines is 1. The molecule has 0 radical (unpaired) electrons. The third-order valence-corrected chi connectivity index (χ3v) is 3.69. The van der Waals surface area contributed by atoms with E-state index in [0.29, 0.717) is 12.6 Å². The number of hydrogen-bond acceptors (Lipinski definition) is 3. The maximum Gasteiger partial charge on any atom is 0.0411 e. The van der Waals surface area contributed by atoms with Gasteiger partial charge in [0.25, 0.3) is 0 Å². The van der Waals surface area contributed by atoms with Crippen LogP contribution in [-0.4, -0.2) is 25.1 Å². The van der Waals surface area contributed by atoms with Crippen molar-refractivity contribution >= 4 is 17.4 Å². The summed E-state index contributed by atoms with van der Waals surface area (Å²) in [5.74, 6) is 1.16. The third-order valence-electron chi connectivity index (χ3n) is 2.97. The molecule has 3 heteroatoms. The van der Waals surface area contributed by atoms with Gasteiger partial charge in [-0.15, -0.1) is 0 Å². The summed E-state index contributed by atoms with van der Waals surface area (Å²) in [5.41, 5.74) is 8.27.